The second-order valence-corrected chi connectivity index (χ2v) is 17.7. The number of hydrogen-bond acceptors (Lipinski definition) is 3. The van der Waals surface area contributed by atoms with Crippen LogP contribution in [0, 0.1) is 26.0 Å². The molecule has 3 nitrogen and oxygen atoms in total. The summed E-state index contributed by atoms with van der Waals surface area (Å²) in [7, 11) is -1.57. The zero-order valence-corrected chi connectivity index (χ0v) is 29.1. The van der Waals surface area contributed by atoms with E-state index in [9.17, 15) is 0 Å². The van der Waals surface area contributed by atoms with Crippen molar-refractivity contribution >= 4 is 35.2 Å². The summed E-state index contributed by atoms with van der Waals surface area (Å²) in [4.78, 5) is 9.07. The summed E-state index contributed by atoms with van der Waals surface area (Å²) in [6.45, 7) is 18.1. The van der Waals surface area contributed by atoms with E-state index in [4.69, 9.17) is 9.40 Å². The minimum Gasteiger partial charge on any atom is -0.501 e. The quantitative estimate of drug-likeness (QED) is 0.134. The summed E-state index contributed by atoms with van der Waals surface area (Å²) in [5, 5.41) is 3.82. The van der Waals surface area contributed by atoms with Crippen molar-refractivity contribution in [3.63, 3.8) is 0 Å². The molecule has 0 fully saturated rings. The van der Waals surface area contributed by atoms with Gasteiger partial charge in [-0.1, -0.05) is 87.3 Å². The molecule has 3 heterocycles. The van der Waals surface area contributed by atoms with E-state index in [0.29, 0.717) is 0 Å². The van der Waals surface area contributed by atoms with Crippen LogP contribution in [0.5, 0.6) is 0 Å². The molecule has 6 rings (SSSR count). The Morgan fingerprint density at radius 3 is 2.21 bits per heavy atom. The predicted octanol–water partition coefficient (Wildman–Crippen LogP) is 9.45. The Bertz CT molecular complexity index is 1810. The van der Waals surface area contributed by atoms with E-state index in [1.807, 2.05) is 55.7 Å². The van der Waals surface area contributed by atoms with Crippen molar-refractivity contribution in [1.29, 1.82) is 0 Å². The molecule has 0 aliphatic heterocycles. The van der Waals surface area contributed by atoms with E-state index in [1.54, 1.807) is 0 Å². The van der Waals surface area contributed by atoms with Gasteiger partial charge in [-0.05, 0) is 53.9 Å². The molecular weight excluding hydrogens is 709 g/mol. The first-order chi connectivity index (χ1) is 19.4. The van der Waals surface area contributed by atoms with Crippen LogP contribution in [0.2, 0.25) is 19.6 Å². The van der Waals surface area contributed by atoms with Crippen LogP contribution in [0.15, 0.2) is 89.6 Å². The smallest absolute Gasteiger partial charge is 0.120 e. The molecule has 0 unspecified atom stereocenters. The van der Waals surface area contributed by atoms with E-state index in [-0.39, 0.29) is 25.5 Å². The minimum absolute atomic E-state index is 0. The number of aryl methyl sites for hydroxylation is 1. The number of hydrogen-bond donors (Lipinski definition) is 0. The topological polar surface area (TPSA) is 38.9 Å². The monoisotopic (exact) mass is 747 g/mol. The van der Waals surface area contributed by atoms with E-state index < -0.39 is 8.07 Å². The number of nitrogens with zero attached hydrogens (tertiary/aromatic N) is 2. The molecule has 0 amide bonds. The first-order valence-corrected chi connectivity index (χ1v) is 17.7. The van der Waals surface area contributed by atoms with Crippen LogP contribution in [0.1, 0.15) is 37.5 Å². The van der Waals surface area contributed by atoms with E-state index in [0.717, 1.165) is 33.7 Å². The third-order valence-corrected chi connectivity index (χ3v) is 9.42. The Morgan fingerprint density at radius 2 is 1.57 bits per heavy atom. The van der Waals surface area contributed by atoms with Crippen molar-refractivity contribution in [2.24, 2.45) is 0 Å². The van der Waals surface area contributed by atoms with Gasteiger partial charge in [0.25, 0.3) is 0 Å². The number of fused-ring (bicyclic) bond motifs is 3. The Labute approximate surface area is 264 Å². The zero-order valence-electron chi connectivity index (χ0n) is 25.7. The van der Waals surface area contributed by atoms with Gasteiger partial charge < -0.3 is 14.4 Å². The minimum atomic E-state index is -1.57. The fraction of sp³-hybridized carbons (Fsp3) is 0.243. The van der Waals surface area contributed by atoms with Crippen molar-refractivity contribution in [3.8, 4) is 22.5 Å². The molecule has 0 aliphatic rings. The number of benzene rings is 3. The Hall–Kier alpha value is -3.37. The standard InChI is InChI=1S/C25H28NOSi.C12H10N.Ir/c1-16-19(25(2,3)4)14-15-26-23(16)18-12-13-21(28(5,6)7)22-17-10-8-9-11-20(17)27-24(18)22;1-10-7-8-12(13-9-10)11-5-3-2-4-6-11;/h8-11,13-15H,1-7H3;2-5,7-9H,1H3;/q2*-1;. The predicted molar refractivity (Wildman–Crippen MR) is 175 cm³/mol. The molecule has 1 radical (unpaired) electrons. The van der Waals surface area contributed by atoms with E-state index >= 15 is 0 Å². The molecule has 0 spiro atoms. The first kappa shape index (κ1) is 31.6. The van der Waals surface area contributed by atoms with Crippen LogP contribution in [-0.4, -0.2) is 18.0 Å². The molecule has 3 aromatic heterocycles. The maximum atomic E-state index is 6.41. The third-order valence-electron chi connectivity index (χ3n) is 7.41. The molecular formula is C37H38IrN2OSi-2. The van der Waals surface area contributed by atoms with Crippen LogP contribution in [-0.2, 0) is 25.5 Å². The second kappa shape index (κ2) is 12.5. The molecule has 0 saturated carbocycles. The average Bonchev–Trinajstić information content (AvgIpc) is 3.33. The fourth-order valence-electron chi connectivity index (χ4n) is 5.32. The van der Waals surface area contributed by atoms with Crippen LogP contribution in [0.4, 0.5) is 0 Å². The number of para-hydroxylation sites is 1. The van der Waals surface area contributed by atoms with Gasteiger partial charge in [-0.15, -0.1) is 53.2 Å². The summed E-state index contributed by atoms with van der Waals surface area (Å²) in [6, 6.07) is 31.3. The van der Waals surface area contributed by atoms with Gasteiger partial charge in [-0.2, -0.15) is 0 Å². The summed E-state index contributed by atoms with van der Waals surface area (Å²) < 4.78 is 6.41. The molecule has 0 saturated heterocycles. The van der Waals surface area contributed by atoms with Crippen molar-refractivity contribution in [3.05, 3.63) is 114 Å². The van der Waals surface area contributed by atoms with Crippen molar-refractivity contribution in [2.75, 3.05) is 0 Å². The first-order valence-electron chi connectivity index (χ1n) is 14.2. The summed E-state index contributed by atoms with van der Waals surface area (Å²) >= 11 is 0. The van der Waals surface area contributed by atoms with Gasteiger partial charge in [0.1, 0.15) is 5.58 Å². The number of aromatic nitrogens is 2. The van der Waals surface area contributed by atoms with Gasteiger partial charge in [0, 0.05) is 46.0 Å². The van der Waals surface area contributed by atoms with Gasteiger partial charge >= 0.3 is 0 Å². The van der Waals surface area contributed by atoms with Crippen molar-refractivity contribution in [1.82, 2.24) is 9.97 Å². The maximum Gasteiger partial charge on any atom is 0.120 e. The van der Waals surface area contributed by atoms with Gasteiger partial charge in [-0.25, -0.2) is 0 Å². The van der Waals surface area contributed by atoms with Crippen molar-refractivity contribution < 1.29 is 24.5 Å². The number of rotatable bonds is 3. The molecule has 217 valence electrons. The zero-order chi connectivity index (χ0) is 29.4. The van der Waals surface area contributed by atoms with E-state index in [2.05, 4.69) is 101 Å². The molecule has 5 heteroatoms. The molecule has 0 bridgehead atoms. The molecule has 6 aromatic rings. The summed E-state index contributed by atoms with van der Waals surface area (Å²) in [5.41, 5.74) is 9.57. The summed E-state index contributed by atoms with van der Waals surface area (Å²) in [5.74, 6) is 0. The van der Waals surface area contributed by atoms with Gasteiger partial charge in [0.15, 0.2) is 0 Å². The molecule has 0 atom stereocenters. The molecule has 42 heavy (non-hydrogen) atoms. The third kappa shape index (κ3) is 6.49. The van der Waals surface area contributed by atoms with Crippen molar-refractivity contribution in [2.45, 2.75) is 59.7 Å². The Balaban J connectivity index is 0.000000243. The fourth-order valence-corrected chi connectivity index (χ4v) is 6.82. The van der Waals surface area contributed by atoms with Crippen LogP contribution in [0.3, 0.4) is 0 Å². The van der Waals surface area contributed by atoms with Gasteiger partial charge in [-0.3, -0.25) is 0 Å². The van der Waals surface area contributed by atoms with Crippen LogP contribution < -0.4 is 5.19 Å². The Kier molecular flexibility index (Phi) is 9.37. The largest absolute Gasteiger partial charge is 0.501 e. The molecule has 3 aromatic carbocycles. The number of furan rings is 1. The van der Waals surface area contributed by atoms with Gasteiger partial charge in [0.2, 0.25) is 0 Å². The Morgan fingerprint density at radius 1 is 0.833 bits per heavy atom. The van der Waals surface area contributed by atoms with Gasteiger partial charge in [0.05, 0.1) is 5.58 Å². The second-order valence-electron chi connectivity index (χ2n) is 12.7. The molecule has 0 aliphatic carbocycles. The van der Waals surface area contributed by atoms with Crippen LogP contribution >= 0.6 is 0 Å². The molecule has 0 N–H and O–H groups in total. The summed E-state index contributed by atoms with van der Waals surface area (Å²) in [6.07, 6.45) is 3.79. The number of pyridine rings is 2. The normalized spacial score (nSPS) is 11.6. The SMILES string of the molecule is Cc1c(C(C)(C)C)ccnc1-c1[c-]cc([Si](C)(C)C)c2c1oc1ccccc12.Cc1ccc(-c2[c-]cccc2)nc1.[Ir]. The average molecular weight is 747 g/mol. The maximum absolute atomic E-state index is 6.41. The van der Waals surface area contributed by atoms with E-state index in [1.165, 1.54) is 32.6 Å². The van der Waals surface area contributed by atoms with Crippen LogP contribution in [0.25, 0.3) is 44.5 Å².